The van der Waals surface area contributed by atoms with Gasteiger partial charge in [0, 0.05) is 25.7 Å². The molecule has 0 aliphatic carbocycles. The molecule has 1 saturated heterocycles. The second kappa shape index (κ2) is 7.01. The van der Waals surface area contributed by atoms with Crippen LogP contribution in [-0.2, 0) is 21.4 Å². The number of likely N-dealkylation sites (tertiary alicyclic amines) is 1. The average Bonchev–Trinajstić information content (AvgIpc) is 2.94. The Labute approximate surface area is 145 Å². The summed E-state index contributed by atoms with van der Waals surface area (Å²) in [7, 11) is -3.86. The van der Waals surface area contributed by atoms with E-state index in [0.717, 1.165) is 19.3 Å². The number of fused-ring (bicyclic) bond motifs is 1. The highest BCUT2D eigenvalue weighted by Gasteiger charge is 2.21. The van der Waals surface area contributed by atoms with Crippen LogP contribution in [-0.4, -0.2) is 43.4 Å². The number of carbonyl (C=O) groups is 1. The molecule has 136 valence electrons. The third-order valence-electron chi connectivity index (χ3n) is 4.39. The van der Waals surface area contributed by atoms with E-state index in [1.54, 1.807) is 11.8 Å². The summed E-state index contributed by atoms with van der Waals surface area (Å²) >= 11 is 0. The highest BCUT2D eigenvalue weighted by atomic mass is 32.2. The molecule has 3 rings (SSSR count). The van der Waals surface area contributed by atoms with Gasteiger partial charge in [-0.05, 0) is 38.3 Å². The molecule has 0 unspecified atom stereocenters. The number of sulfonamides is 1. The molecular weight excluding hydrogens is 346 g/mol. The summed E-state index contributed by atoms with van der Waals surface area (Å²) in [6.07, 6.45) is 2.99. The molecule has 1 aliphatic heterocycles. The van der Waals surface area contributed by atoms with Crippen molar-refractivity contribution in [2.24, 2.45) is 0 Å². The Hall–Kier alpha value is -2.13. The number of rotatable bonds is 5. The lowest BCUT2D eigenvalue weighted by molar-refractivity contribution is -0.130. The third-order valence-corrected chi connectivity index (χ3v) is 5.79. The minimum atomic E-state index is -3.86. The second-order valence-electron chi connectivity index (χ2n) is 6.01. The van der Waals surface area contributed by atoms with Crippen molar-refractivity contribution in [3.63, 3.8) is 0 Å². The van der Waals surface area contributed by atoms with Crippen LogP contribution in [0.3, 0.4) is 0 Å². The van der Waals surface area contributed by atoms with Crippen molar-refractivity contribution in [1.29, 1.82) is 0 Å². The highest BCUT2D eigenvalue weighted by Crippen LogP contribution is 2.18. The second-order valence-corrected chi connectivity index (χ2v) is 7.77. The molecule has 0 radical (unpaired) electrons. The minimum absolute atomic E-state index is 0.0385. The van der Waals surface area contributed by atoms with Crippen LogP contribution in [0.1, 0.15) is 26.2 Å². The van der Waals surface area contributed by atoms with Crippen LogP contribution in [0.2, 0.25) is 0 Å². The van der Waals surface area contributed by atoms with Gasteiger partial charge in [-0.25, -0.2) is 17.9 Å². The number of amides is 1. The molecule has 8 nitrogen and oxygen atoms in total. The minimum Gasteiger partial charge on any atom is -0.408 e. The summed E-state index contributed by atoms with van der Waals surface area (Å²) < 4.78 is 33.7. The van der Waals surface area contributed by atoms with E-state index in [1.807, 2.05) is 0 Å². The molecule has 0 saturated carbocycles. The predicted octanol–water partition coefficient (Wildman–Crippen LogP) is 0.905. The quantitative estimate of drug-likeness (QED) is 0.846. The number of nitrogens with one attached hydrogen (secondary N) is 1. The molecule has 1 N–H and O–H groups in total. The predicted molar refractivity (Wildman–Crippen MR) is 91.8 cm³/mol. The molecule has 1 aromatic heterocycles. The number of aryl methyl sites for hydroxylation is 1. The monoisotopic (exact) mass is 367 g/mol. The zero-order chi connectivity index (χ0) is 18.0. The number of aromatic nitrogens is 1. The molecule has 0 bridgehead atoms. The first-order chi connectivity index (χ1) is 11.9. The summed E-state index contributed by atoms with van der Waals surface area (Å²) in [5.74, 6) is -0.756. The first kappa shape index (κ1) is 17.7. The summed E-state index contributed by atoms with van der Waals surface area (Å²) in [4.78, 5) is 25.5. The molecule has 1 aromatic carbocycles. The lowest BCUT2D eigenvalue weighted by Crippen LogP contribution is -2.42. The van der Waals surface area contributed by atoms with Crippen LogP contribution in [0.5, 0.6) is 0 Å². The first-order valence-electron chi connectivity index (χ1n) is 8.33. The first-order valence-corrected chi connectivity index (χ1v) is 9.81. The van der Waals surface area contributed by atoms with Crippen LogP contribution in [0.4, 0.5) is 0 Å². The molecule has 0 atom stereocenters. The van der Waals surface area contributed by atoms with Crippen molar-refractivity contribution in [1.82, 2.24) is 14.2 Å². The van der Waals surface area contributed by atoms with Gasteiger partial charge in [-0.2, -0.15) is 0 Å². The number of hydrogen-bond donors (Lipinski definition) is 1. The average molecular weight is 367 g/mol. The summed E-state index contributed by atoms with van der Waals surface area (Å²) in [6.45, 7) is 3.29. The molecule has 1 fully saturated rings. The van der Waals surface area contributed by atoms with Crippen molar-refractivity contribution in [3.8, 4) is 0 Å². The molecule has 2 aromatic rings. The van der Waals surface area contributed by atoms with Gasteiger partial charge in [-0.1, -0.05) is 0 Å². The van der Waals surface area contributed by atoms with E-state index in [4.69, 9.17) is 4.42 Å². The standard InChI is InChI=1S/C16H21N3O5S/c1-2-19-13-7-6-12(10-14(13)24-16(19)21)25(22,23)17-11-15(20)18-8-4-3-5-9-18/h6-7,10,17H,2-5,8-9,11H2,1H3. The van der Waals surface area contributed by atoms with Gasteiger partial charge < -0.3 is 9.32 Å². The highest BCUT2D eigenvalue weighted by molar-refractivity contribution is 7.89. The smallest absolute Gasteiger partial charge is 0.408 e. The van der Waals surface area contributed by atoms with Crippen molar-refractivity contribution < 1.29 is 17.6 Å². The number of piperidine rings is 1. The van der Waals surface area contributed by atoms with E-state index in [2.05, 4.69) is 4.72 Å². The SMILES string of the molecule is CCn1c(=O)oc2cc(S(=O)(=O)NCC(=O)N3CCCCC3)ccc21. The normalized spacial score (nSPS) is 15.6. The van der Waals surface area contributed by atoms with Crippen LogP contribution in [0.15, 0.2) is 32.3 Å². The van der Waals surface area contributed by atoms with Crippen molar-refractivity contribution >= 4 is 27.0 Å². The molecule has 1 aliphatic rings. The fourth-order valence-electron chi connectivity index (χ4n) is 3.01. The van der Waals surface area contributed by atoms with Crippen molar-refractivity contribution in [2.75, 3.05) is 19.6 Å². The molecule has 9 heteroatoms. The van der Waals surface area contributed by atoms with Gasteiger partial charge in [-0.3, -0.25) is 9.36 Å². The number of oxazole rings is 1. The van der Waals surface area contributed by atoms with Crippen molar-refractivity contribution in [3.05, 3.63) is 28.7 Å². The number of carbonyl (C=O) groups excluding carboxylic acids is 1. The van der Waals surface area contributed by atoms with Crippen LogP contribution in [0.25, 0.3) is 11.1 Å². The summed E-state index contributed by atoms with van der Waals surface area (Å²) in [5, 5.41) is 0. The van der Waals surface area contributed by atoms with E-state index < -0.39 is 15.8 Å². The Morgan fingerprint density at radius 1 is 1.24 bits per heavy atom. The Kier molecular flexibility index (Phi) is 4.96. The van der Waals surface area contributed by atoms with E-state index in [0.29, 0.717) is 25.2 Å². The van der Waals surface area contributed by atoms with E-state index in [1.165, 1.54) is 22.8 Å². The maximum atomic E-state index is 12.4. The Balaban J connectivity index is 1.76. The van der Waals surface area contributed by atoms with E-state index in [9.17, 15) is 18.0 Å². The van der Waals surface area contributed by atoms with Gasteiger partial charge in [-0.15, -0.1) is 0 Å². The molecular formula is C16H21N3O5S. The van der Waals surface area contributed by atoms with E-state index >= 15 is 0 Å². The summed E-state index contributed by atoms with van der Waals surface area (Å²) in [6, 6.07) is 4.23. The molecule has 2 heterocycles. The number of nitrogens with zero attached hydrogens (tertiary/aromatic N) is 2. The zero-order valence-corrected chi connectivity index (χ0v) is 14.8. The fraction of sp³-hybridized carbons (Fsp3) is 0.500. The van der Waals surface area contributed by atoms with Gasteiger partial charge in [0.15, 0.2) is 5.58 Å². The maximum absolute atomic E-state index is 12.4. The zero-order valence-electron chi connectivity index (χ0n) is 14.0. The molecule has 25 heavy (non-hydrogen) atoms. The molecule has 0 spiro atoms. The fourth-order valence-corrected chi connectivity index (χ4v) is 4.00. The largest absolute Gasteiger partial charge is 0.419 e. The lowest BCUT2D eigenvalue weighted by Gasteiger charge is -2.26. The Morgan fingerprint density at radius 3 is 2.64 bits per heavy atom. The Morgan fingerprint density at radius 2 is 1.96 bits per heavy atom. The topological polar surface area (TPSA) is 102 Å². The number of hydrogen-bond acceptors (Lipinski definition) is 5. The van der Waals surface area contributed by atoms with Gasteiger partial charge in [0.1, 0.15) is 0 Å². The Bertz CT molecular complexity index is 938. The van der Waals surface area contributed by atoms with Gasteiger partial charge in [0.25, 0.3) is 0 Å². The maximum Gasteiger partial charge on any atom is 0.419 e. The summed E-state index contributed by atoms with van der Waals surface area (Å²) in [5.41, 5.74) is 0.743. The van der Waals surface area contributed by atoms with Crippen molar-refractivity contribution in [2.45, 2.75) is 37.6 Å². The van der Waals surface area contributed by atoms with E-state index in [-0.39, 0.29) is 22.9 Å². The van der Waals surface area contributed by atoms with Crippen LogP contribution in [0, 0.1) is 0 Å². The lowest BCUT2D eigenvalue weighted by atomic mass is 10.1. The van der Waals surface area contributed by atoms with Crippen LogP contribution < -0.4 is 10.5 Å². The molecule has 1 amide bonds. The van der Waals surface area contributed by atoms with Gasteiger partial charge in [0.05, 0.1) is 17.0 Å². The number of benzene rings is 1. The van der Waals surface area contributed by atoms with Gasteiger partial charge in [0.2, 0.25) is 15.9 Å². The van der Waals surface area contributed by atoms with Gasteiger partial charge >= 0.3 is 5.76 Å². The third kappa shape index (κ3) is 3.62. The van der Waals surface area contributed by atoms with Crippen LogP contribution >= 0.6 is 0 Å².